The summed E-state index contributed by atoms with van der Waals surface area (Å²) < 4.78 is 24.4. The molecule has 4 aliphatic carbocycles. The van der Waals surface area contributed by atoms with E-state index in [0.717, 1.165) is 38.5 Å². The predicted molar refractivity (Wildman–Crippen MR) is 138 cm³/mol. The average molecular weight is 499 g/mol. The minimum atomic E-state index is -3.34. The lowest BCUT2D eigenvalue weighted by molar-refractivity contribution is -0.114. The number of rotatable bonds is 6. The van der Waals surface area contributed by atoms with Gasteiger partial charge in [0.05, 0.1) is 24.1 Å². The maximum Gasteiger partial charge on any atom is 0.361 e. The number of hydrogen-bond donors (Lipinski definition) is 1. The van der Waals surface area contributed by atoms with Crippen LogP contribution in [0.3, 0.4) is 0 Å². The molecule has 1 N–H and O–H groups in total. The van der Waals surface area contributed by atoms with Crippen molar-refractivity contribution >= 4 is 18.7 Å². The highest BCUT2D eigenvalue weighted by Gasteiger charge is 2.61. The van der Waals surface area contributed by atoms with Crippen molar-refractivity contribution < 1.29 is 23.5 Å². The van der Waals surface area contributed by atoms with Crippen LogP contribution in [0.25, 0.3) is 0 Å². The molecule has 6 heteroatoms. The lowest BCUT2D eigenvalue weighted by Gasteiger charge is -2.54. The van der Waals surface area contributed by atoms with Crippen molar-refractivity contribution in [1.29, 1.82) is 0 Å². The monoisotopic (exact) mass is 498 g/mol. The van der Waals surface area contributed by atoms with E-state index >= 15 is 0 Å². The van der Waals surface area contributed by atoms with Gasteiger partial charge >= 0.3 is 7.60 Å². The summed E-state index contributed by atoms with van der Waals surface area (Å²) in [5, 5.41) is 12.1. The molecular formula is C29H39O5P. The van der Waals surface area contributed by atoms with Gasteiger partial charge in [0.1, 0.15) is 0 Å². The topological polar surface area (TPSA) is 72.8 Å². The molecule has 1 aromatic rings. The molecule has 190 valence electrons. The number of ketones is 1. The molecule has 0 aliphatic heterocycles. The molecule has 0 spiro atoms. The van der Waals surface area contributed by atoms with Gasteiger partial charge in [-0.3, -0.25) is 9.36 Å². The van der Waals surface area contributed by atoms with Crippen LogP contribution < -0.4 is 5.30 Å². The number of aliphatic hydroxyl groups is 1. The molecule has 0 saturated heterocycles. The molecule has 1 aromatic carbocycles. The van der Waals surface area contributed by atoms with Crippen LogP contribution in [0, 0.1) is 17.3 Å². The largest absolute Gasteiger partial charge is 0.390 e. The molecule has 0 amide bonds. The molecule has 5 rings (SSSR count). The van der Waals surface area contributed by atoms with Gasteiger partial charge in [-0.15, -0.1) is 0 Å². The van der Waals surface area contributed by atoms with Gasteiger partial charge in [-0.2, -0.15) is 0 Å². The van der Waals surface area contributed by atoms with Crippen LogP contribution in [0.1, 0.15) is 84.1 Å². The molecule has 0 aromatic heterocycles. The van der Waals surface area contributed by atoms with Crippen LogP contribution >= 0.6 is 7.60 Å². The molecule has 2 fully saturated rings. The fraction of sp³-hybridized carbons (Fsp3) is 0.621. The van der Waals surface area contributed by atoms with Gasteiger partial charge in [-0.05, 0) is 106 Å². The van der Waals surface area contributed by atoms with Crippen LogP contribution in [-0.2, 0) is 18.4 Å². The molecular weight excluding hydrogens is 459 g/mol. The second kappa shape index (κ2) is 9.10. The standard InChI is InChI=1S/C29H39O5P/c1-5-33-35(32,34-6-2)22-11-7-19(8-12-22)25-18-28(3)26(15-16-29(28,4)31)24-13-9-20-17-21(30)10-14-23(20)27(24)25/h7-8,11-12,17,24-26,31H,5-6,9-10,13-16,18H2,1-4H3/t24-,25+,26-,28-,29-/m0/s1. The van der Waals surface area contributed by atoms with E-state index in [-0.39, 0.29) is 17.1 Å². The fourth-order valence-corrected chi connectivity index (χ4v) is 9.16. The summed E-state index contributed by atoms with van der Waals surface area (Å²) in [5.41, 5.74) is 4.46. The molecule has 0 bridgehead atoms. The first-order valence-electron chi connectivity index (χ1n) is 13.3. The molecule has 4 aliphatic rings. The van der Waals surface area contributed by atoms with Crippen molar-refractivity contribution in [2.45, 2.75) is 84.2 Å². The number of benzene rings is 1. The van der Waals surface area contributed by atoms with E-state index in [1.807, 2.05) is 39.0 Å². The summed E-state index contributed by atoms with van der Waals surface area (Å²) >= 11 is 0. The third kappa shape index (κ3) is 4.03. The number of fused-ring (bicyclic) bond motifs is 4. The van der Waals surface area contributed by atoms with E-state index in [9.17, 15) is 14.5 Å². The Morgan fingerprint density at radius 1 is 1.03 bits per heavy atom. The SMILES string of the molecule is CCOP(=O)(OCC)c1ccc([C@H]2C[C@@]3(C)[C@@H](CC[C@]3(C)O)[C@@H]3CCC4=CC(=O)CCC4=C32)cc1. The average Bonchev–Trinajstić information content (AvgIpc) is 3.07. The second-order valence-corrected chi connectivity index (χ2v) is 13.3. The van der Waals surface area contributed by atoms with E-state index in [4.69, 9.17) is 9.05 Å². The molecule has 2 saturated carbocycles. The third-order valence-corrected chi connectivity index (χ3v) is 11.6. The van der Waals surface area contributed by atoms with Crippen LogP contribution in [0.5, 0.6) is 0 Å². The van der Waals surface area contributed by atoms with Crippen molar-refractivity contribution in [2.75, 3.05) is 13.2 Å². The van der Waals surface area contributed by atoms with Crippen LogP contribution in [-0.4, -0.2) is 29.7 Å². The van der Waals surface area contributed by atoms with Crippen LogP contribution in [0.15, 0.2) is 47.1 Å². The Kier molecular flexibility index (Phi) is 6.54. The van der Waals surface area contributed by atoms with Crippen LogP contribution in [0.2, 0.25) is 0 Å². The maximum absolute atomic E-state index is 13.3. The number of carbonyl (C=O) groups is 1. The summed E-state index contributed by atoms with van der Waals surface area (Å²) in [5.74, 6) is 1.32. The van der Waals surface area contributed by atoms with Crippen molar-refractivity contribution in [2.24, 2.45) is 17.3 Å². The molecule has 0 radical (unpaired) electrons. The Bertz CT molecular complexity index is 1100. The summed E-state index contributed by atoms with van der Waals surface area (Å²) in [6.45, 7) is 8.61. The first kappa shape index (κ1) is 25.1. The first-order valence-corrected chi connectivity index (χ1v) is 14.9. The van der Waals surface area contributed by atoms with Crippen molar-refractivity contribution in [3.05, 3.63) is 52.6 Å². The zero-order valence-corrected chi connectivity index (χ0v) is 22.4. The van der Waals surface area contributed by atoms with Gasteiger partial charge in [0.2, 0.25) is 0 Å². The quantitative estimate of drug-likeness (QED) is 0.471. The number of hydrogen-bond acceptors (Lipinski definition) is 5. The highest BCUT2D eigenvalue weighted by atomic mass is 31.2. The lowest BCUT2D eigenvalue weighted by Crippen LogP contribution is -2.50. The summed E-state index contributed by atoms with van der Waals surface area (Å²) in [6, 6.07) is 7.95. The predicted octanol–water partition coefficient (Wildman–Crippen LogP) is 6.23. The van der Waals surface area contributed by atoms with Crippen LogP contribution in [0.4, 0.5) is 0 Å². The lowest BCUT2D eigenvalue weighted by atomic mass is 9.51. The van der Waals surface area contributed by atoms with Gasteiger partial charge < -0.3 is 14.2 Å². The molecule has 0 unspecified atom stereocenters. The minimum absolute atomic E-state index is 0.164. The summed E-state index contributed by atoms with van der Waals surface area (Å²) in [4.78, 5) is 12.2. The molecule has 35 heavy (non-hydrogen) atoms. The van der Waals surface area contributed by atoms with Crippen molar-refractivity contribution in [3.63, 3.8) is 0 Å². The number of allylic oxidation sites excluding steroid dienone is 4. The smallest absolute Gasteiger partial charge is 0.361 e. The highest BCUT2D eigenvalue weighted by molar-refractivity contribution is 7.62. The van der Waals surface area contributed by atoms with E-state index in [0.29, 0.717) is 36.8 Å². The van der Waals surface area contributed by atoms with E-state index < -0.39 is 13.2 Å². The van der Waals surface area contributed by atoms with E-state index in [1.165, 1.54) is 22.3 Å². The second-order valence-electron chi connectivity index (χ2n) is 11.2. The first-order chi connectivity index (χ1) is 16.6. The zero-order chi connectivity index (χ0) is 25.0. The normalized spacial score (nSPS) is 34.8. The molecule has 5 atom stereocenters. The highest BCUT2D eigenvalue weighted by Crippen LogP contribution is 2.66. The summed E-state index contributed by atoms with van der Waals surface area (Å²) in [6.07, 6.45) is 8.10. The van der Waals surface area contributed by atoms with Crippen molar-refractivity contribution in [1.82, 2.24) is 0 Å². The fourth-order valence-electron chi connectivity index (χ4n) is 7.60. The van der Waals surface area contributed by atoms with E-state index in [2.05, 4.69) is 19.1 Å². The minimum Gasteiger partial charge on any atom is -0.390 e. The Balaban J connectivity index is 1.60. The Morgan fingerprint density at radius 3 is 2.37 bits per heavy atom. The Hall–Kier alpha value is -1.52. The van der Waals surface area contributed by atoms with Gasteiger partial charge in [0.15, 0.2) is 5.78 Å². The molecule has 5 nitrogen and oxygen atoms in total. The van der Waals surface area contributed by atoms with E-state index in [1.54, 1.807) is 0 Å². The molecule has 0 heterocycles. The van der Waals surface area contributed by atoms with Gasteiger partial charge in [0, 0.05) is 17.8 Å². The third-order valence-electron chi connectivity index (χ3n) is 9.51. The Morgan fingerprint density at radius 2 is 1.71 bits per heavy atom. The van der Waals surface area contributed by atoms with Gasteiger partial charge in [-0.25, -0.2) is 0 Å². The van der Waals surface area contributed by atoms with Crippen molar-refractivity contribution in [3.8, 4) is 0 Å². The zero-order valence-electron chi connectivity index (χ0n) is 21.5. The van der Waals surface area contributed by atoms with Gasteiger partial charge in [0.25, 0.3) is 0 Å². The summed E-state index contributed by atoms with van der Waals surface area (Å²) in [7, 11) is -3.34. The van der Waals surface area contributed by atoms with Gasteiger partial charge in [-0.1, -0.05) is 24.6 Å². The number of carbonyl (C=O) groups excluding carboxylic acids is 1. The maximum atomic E-state index is 13.3. The Labute approximate surface area is 209 Å².